The molecule has 4 heteroatoms. The van der Waals surface area contributed by atoms with Crippen LogP contribution in [-0.4, -0.2) is 24.6 Å². The van der Waals surface area contributed by atoms with Crippen LogP contribution in [0.1, 0.15) is 19.3 Å². The summed E-state index contributed by atoms with van der Waals surface area (Å²) < 4.78 is 0. The van der Waals surface area contributed by atoms with Crippen LogP contribution in [0.25, 0.3) is 0 Å². The summed E-state index contributed by atoms with van der Waals surface area (Å²) in [6.45, 7) is 1.03. The van der Waals surface area contributed by atoms with Gasteiger partial charge in [0.1, 0.15) is 6.04 Å². The number of ketones is 1. The molecule has 3 rings (SSSR count). The molecule has 1 saturated heterocycles. The molecule has 0 saturated carbocycles. The number of hydrazone groups is 1. The van der Waals surface area contributed by atoms with E-state index in [0.717, 1.165) is 18.5 Å². The highest BCUT2D eigenvalue weighted by Gasteiger charge is 2.37. The number of hydrogen-bond acceptors (Lipinski definition) is 4. The summed E-state index contributed by atoms with van der Waals surface area (Å²) in [6.07, 6.45) is 4.78. The number of rotatable bonds is 0. The van der Waals surface area contributed by atoms with E-state index < -0.39 is 0 Å². The molecule has 3 aliphatic rings. The van der Waals surface area contributed by atoms with Crippen LogP contribution in [0.5, 0.6) is 0 Å². The molecule has 4 nitrogen and oxygen atoms in total. The van der Waals surface area contributed by atoms with Gasteiger partial charge in [-0.1, -0.05) is 0 Å². The lowest BCUT2D eigenvalue weighted by atomic mass is 9.80. The van der Waals surface area contributed by atoms with Crippen molar-refractivity contribution in [3.8, 4) is 0 Å². The van der Waals surface area contributed by atoms with E-state index in [-0.39, 0.29) is 11.8 Å². The van der Waals surface area contributed by atoms with Crippen molar-refractivity contribution in [3.63, 3.8) is 0 Å². The van der Waals surface area contributed by atoms with Gasteiger partial charge >= 0.3 is 0 Å². The highest BCUT2D eigenvalue weighted by atomic mass is 16.1. The van der Waals surface area contributed by atoms with Gasteiger partial charge in [0.15, 0.2) is 5.78 Å². The van der Waals surface area contributed by atoms with Crippen molar-refractivity contribution < 1.29 is 4.79 Å². The maximum atomic E-state index is 11.7. The van der Waals surface area contributed by atoms with Gasteiger partial charge in [0, 0.05) is 30.2 Å². The molecule has 1 fully saturated rings. The van der Waals surface area contributed by atoms with Crippen LogP contribution in [0.15, 0.2) is 16.4 Å². The molecule has 14 heavy (non-hydrogen) atoms. The molecule has 74 valence electrons. The number of piperidine rings is 1. The molecular formula is C10H13N3O. The fourth-order valence-electron chi connectivity index (χ4n) is 2.56. The zero-order valence-corrected chi connectivity index (χ0v) is 7.92. The molecule has 1 aliphatic carbocycles. The number of carbonyl (C=O) groups is 1. The smallest absolute Gasteiger partial charge is 0.161 e. The van der Waals surface area contributed by atoms with Gasteiger partial charge in [0.2, 0.25) is 0 Å². The lowest BCUT2D eigenvalue weighted by Crippen LogP contribution is -2.43. The first kappa shape index (κ1) is 8.03. The minimum atomic E-state index is -0.160. The lowest BCUT2D eigenvalue weighted by molar-refractivity contribution is -0.121. The first-order valence-corrected chi connectivity index (χ1v) is 5.15. The van der Waals surface area contributed by atoms with Gasteiger partial charge in [-0.2, -0.15) is 5.10 Å². The second-order valence-electron chi connectivity index (χ2n) is 4.13. The second kappa shape index (κ2) is 2.83. The standard InChI is InChI=1S/C10H13N3O/c14-8-4-6-2-1-3-11-9(6)7-5-12-13-10(7)8/h5-6,10-11,13H,1-4H2. The van der Waals surface area contributed by atoms with E-state index in [0.29, 0.717) is 12.3 Å². The highest BCUT2D eigenvalue weighted by molar-refractivity contribution is 6.00. The Labute approximate surface area is 82.4 Å². The van der Waals surface area contributed by atoms with Crippen LogP contribution < -0.4 is 10.7 Å². The molecule has 2 atom stereocenters. The average molecular weight is 191 g/mol. The van der Waals surface area contributed by atoms with E-state index in [4.69, 9.17) is 0 Å². The quantitative estimate of drug-likeness (QED) is 0.574. The van der Waals surface area contributed by atoms with Gasteiger partial charge in [-0.15, -0.1) is 0 Å². The third kappa shape index (κ3) is 0.997. The van der Waals surface area contributed by atoms with Crippen molar-refractivity contribution in [2.45, 2.75) is 25.3 Å². The van der Waals surface area contributed by atoms with Crippen molar-refractivity contribution in [2.24, 2.45) is 11.0 Å². The molecule has 0 radical (unpaired) electrons. The van der Waals surface area contributed by atoms with Gasteiger partial charge in [0.05, 0.1) is 6.21 Å². The predicted molar refractivity (Wildman–Crippen MR) is 52.8 cm³/mol. The molecule has 0 aromatic carbocycles. The number of nitrogens with one attached hydrogen (secondary N) is 2. The van der Waals surface area contributed by atoms with E-state index in [1.165, 1.54) is 12.1 Å². The molecule has 2 aliphatic heterocycles. The third-order valence-electron chi connectivity index (χ3n) is 3.25. The van der Waals surface area contributed by atoms with Crippen LogP contribution in [-0.2, 0) is 4.79 Å². The Kier molecular flexibility index (Phi) is 1.63. The Balaban J connectivity index is 2.04. The molecular weight excluding hydrogens is 178 g/mol. The van der Waals surface area contributed by atoms with Crippen molar-refractivity contribution in [1.82, 2.24) is 10.7 Å². The Morgan fingerprint density at radius 3 is 3.36 bits per heavy atom. The summed E-state index contributed by atoms with van der Waals surface area (Å²) in [7, 11) is 0. The summed E-state index contributed by atoms with van der Waals surface area (Å²) >= 11 is 0. The Morgan fingerprint density at radius 2 is 2.43 bits per heavy atom. The Hall–Kier alpha value is -1.32. The summed E-state index contributed by atoms with van der Waals surface area (Å²) in [5, 5.41) is 7.38. The number of carbonyl (C=O) groups excluding carboxylic acids is 1. The van der Waals surface area contributed by atoms with Crippen LogP contribution >= 0.6 is 0 Å². The second-order valence-corrected chi connectivity index (χ2v) is 4.13. The molecule has 0 aromatic heterocycles. The van der Waals surface area contributed by atoms with E-state index in [2.05, 4.69) is 15.8 Å². The average Bonchev–Trinajstić information content (AvgIpc) is 2.67. The number of allylic oxidation sites excluding steroid dienone is 1. The van der Waals surface area contributed by atoms with E-state index in [1.807, 2.05) is 0 Å². The van der Waals surface area contributed by atoms with Crippen molar-refractivity contribution in [2.75, 3.05) is 6.54 Å². The predicted octanol–water partition coefficient (Wildman–Crippen LogP) is 0.170. The van der Waals surface area contributed by atoms with Gasteiger partial charge in [-0.3, -0.25) is 10.2 Å². The number of hydrogen-bond donors (Lipinski definition) is 2. The molecule has 2 heterocycles. The molecule has 0 spiro atoms. The molecule has 2 unspecified atom stereocenters. The van der Waals surface area contributed by atoms with Crippen molar-refractivity contribution in [3.05, 3.63) is 11.3 Å². The SMILES string of the molecule is O=C1CC2CCCNC2=C2C=NNC12. The zero-order chi connectivity index (χ0) is 9.54. The first-order valence-electron chi connectivity index (χ1n) is 5.15. The third-order valence-corrected chi connectivity index (χ3v) is 3.25. The topological polar surface area (TPSA) is 53.5 Å². The van der Waals surface area contributed by atoms with Crippen molar-refractivity contribution in [1.29, 1.82) is 0 Å². The van der Waals surface area contributed by atoms with E-state index in [1.54, 1.807) is 6.21 Å². The zero-order valence-electron chi connectivity index (χ0n) is 7.92. The van der Waals surface area contributed by atoms with Gasteiger partial charge in [0.25, 0.3) is 0 Å². The Bertz CT molecular complexity index is 345. The minimum Gasteiger partial charge on any atom is -0.388 e. The molecule has 0 amide bonds. The lowest BCUT2D eigenvalue weighted by Gasteiger charge is -2.33. The monoisotopic (exact) mass is 191 g/mol. The van der Waals surface area contributed by atoms with Gasteiger partial charge in [-0.25, -0.2) is 0 Å². The van der Waals surface area contributed by atoms with E-state index in [9.17, 15) is 4.79 Å². The van der Waals surface area contributed by atoms with E-state index >= 15 is 0 Å². The van der Waals surface area contributed by atoms with Crippen LogP contribution in [0.3, 0.4) is 0 Å². The summed E-state index contributed by atoms with van der Waals surface area (Å²) in [6, 6.07) is -0.160. The molecule has 0 aromatic rings. The van der Waals surface area contributed by atoms with Crippen LogP contribution in [0.2, 0.25) is 0 Å². The fourth-order valence-corrected chi connectivity index (χ4v) is 2.56. The Morgan fingerprint density at radius 1 is 1.50 bits per heavy atom. The largest absolute Gasteiger partial charge is 0.388 e. The van der Waals surface area contributed by atoms with Crippen LogP contribution in [0, 0.1) is 5.92 Å². The highest BCUT2D eigenvalue weighted by Crippen LogP contribution is 2.32. The summed E-state index contributed by atoms with van der Waals surface area (Å²) in [4.78, 5) is 11.7. The minimum absolute atomic E-state index is 0.160. The fraction of sp³-hybridized carbons (Fsp3) is 0.600. The van der Waals surface area contributed by atoms with Crippen LogP contribution in [0.4, 0.5) is 0 Å². The summed E-state index contributed by atoms with van der Waals surface area (Å²) in [5.41, 5.74) is 5.20. The number of nitrogens with zero attached hydrogens (tertiary/aromatic N) is 1. The maximum Gasteiger partial charge on any atom is 0.161 e. The number of Topliss-reactive ketones (excluding diaryl/α,β-unsaturated/α-hetero) is 1. The van der Waals surface area contributed by atoms with Crippen molar-refractivity contribution >= 4 is 12.0 Å². The molecule has 0 bridgehead atoms. The molecule has 2 N–H and O–H groups in total. The number of fused-ring (bicyclic) bond motifs is 2. The summed E-state index contributed by atoms with van der Waals surface area (Å²) in [5.74, 6) is 0.712. The first-order chi connectivity index (χ1) is 6.86. The normalized spacial score (nSPS) is 34.7. The van der Waals surface area contributed by atoms with Gasteiger partial charge in [-0.05, 0) is 12.8 Å². The van der Waals surface area contributed by atoms with Gasteiger partial charge < -0.3 is 5.32 Å². The maximum absolute atomic E-state index is 11.7.